The minimum absolute atomic E-state index is 0.0612. The molecule has 1 heterocycles. The lowest BCUT2D eigenvalue weighted by molar-refractivity contribution is 0.411. The maximum absolute atomic E-state index is 14.0. The first-order chi connectivity index (χ1) is 12.0. The van der Waals surface area contributed by atoms with Gasteiger partial charge in [-0.2, -0.15) is 0 Å². The van der Waals surface area contributed by atoms with Gasteiger partial charge in [-0.15, -0.1) is 0 Å². The molecule has 2 aromatic carbocycles. The van der Waals surface area contributed by atoms with E-state index in [4.69, 9.17) is 4.74 Å². The van der Waals surface area contributed by atoms with Gasteiger partial charge in [-0.25, -0.2) is 23.1 Å². The van der Waals surface area contributed by atoms with E-state index in [-0.39, 0.29) is 16.7 Å². The monoisotopic (exact) mass is 347 g/mol. The summed E-state index contributed by atoms with van der Waals surface area (Å²) in [5.74, 6) is -2.50. The molecule has 3 aromatic rings. The first kappa shape index (κ1) is 17.0. The number of anilines is 1. The fraction of sp³-hybridized carbons (Fsp3) is 0.222. The van der Waals surface area contributed by atoms with Crippen LogP contribution in [0.3, 0.4) is 0 Å². The van der Waals surface area contributed by atoms with Crippen molar-refractivity contribution in [3.63, 3.8) is 0 Å². The number of nitrogens with zero attached hydrogens (tertiary/aromatic N) is 2. The molecule has 25 heavy (non-hydrogen) atoms. The van der Waals surface area contributed by atoms with Crippen molar-refractivity contribution in [3.8, 4) is 5.75 Å². The van der Waals surface area contributed by atoms with Gasteiger partial charge in [-0.05, 0) is 30.5 Å². The van der Waals surface area contributed by atoms with Gasteiger partial charge in [0.1, 0.15) is 23.4 Å². The lowest BCUT2D eigenvalue weighted by atomic mass is 10.1. The maximum Gasteiger partial charge on any atom is 0.172 e. The van der Waals surface area contributed by atoms with Crippen LogP contribution in [-0.2, 0) is 6.42 Å². The molecule has 0 saturated heterocycles. The number of fused-ring (bicyclic) bond motifs is 1. The lowest BCUT2D eigenvalue weighted by Crippen LogP contribution is -2.09. The Balaban J connectivity index is 1.81. The van der Waals surface area contributed by atoms with Crippen molar-refractivity contribution in [2.24, 2.45) is 0 Å². The fourth-order valence-electron chi connectivity index (χ4n) is 2.69. The van der Waals surface area contributed by atoms with Gasteiger partial charge >= 0.3 is 0 Å². The number of hydrogen-bond acceptors (Lipinski definition) is 4. The molecule has 3 rings (SSSR count). The lowest BCUT2D eigenvalue weighted by Gasteiger charge is -2.11. The zero-order valence-corrected chi connectivity index (χ0v) is 13.7. The van der Waals surface area contributed by atoms with Crippen molar-refractivity contribution in [2.75, 3.05) is 19.0 Å². The Labute approximate surface area is 142 Å². The minimum Gasteiger partial charge on any atom is -0.496 e. The summed E-state index contributed by atoms with van der Waals surface area (Å²) in [6, 6.07) is 6.26. The van der Waals surface area contributed by atoms with Gasteiger partial charge in [0.15, 0.2) is 17.5 Å². The molecule has 1 aromatic heterocycles. The molecule has 1 N–H and O–H groups in total. The van der Waals surface area contributed by atoms with E-state index in [9.17, 15) is 13.2 Å². The van der Waals surface area contributed by atoms with Gasteiger partial charge in [0.25, 0.3) is 0 Å². The number of aryl methyl sites for hydroxylation is 1. The topological polar surface area (TPSA) is 47.0 Å². The Hall–Kier alpha value is -2.83. The van der Waals surface area contributed by atoms with Gasteiger partial charge in [-0.1, -0.05) is 12.1 Å². The van der Waals surface area contributed by atoms with Crippen LogP contribution >= 0.6 is 0 Å². The molecule has 0 saturated carbocycles. The van der Waals surface area contributed by atoms with Crippen molar-refractivity contribution in [1.82, 2.24) is 9.97 Å². The predicted octanol–water partition coefficient (Wildman–Crippen LogP) is 4.02. The van der Waals surface area contributed by atoms with Crippen molar-refractivity contribution in [3.05, 3.63) is 59.2 Å². The zero-order valence-electron chi connectivity index (χ0n) is 13.7. The average Bonchev–Trinajstić information content (AvgIpc) is 2.60. The number of ether oxygens (including phenoxy) is 1. The van der Waals surface area contributed by atoms with Crippen LogP contribution in [0.5, 0.6) is 5.75 Å². The molecule has 4 nitrogen and oxygen atoms in total. The predicted molar refractivity (Wildman–Crippen MR) is 89.3 cm³/mol. The van der Waals surface area contributed by atoms with Crippen molar-refractivity contribution in [2.45, 2.75) is 13.3 Å². The fourth-order valence-corrected chi connectivity index (χ4v) is 2.69. The number of rotatable bonds is 5. The van der Waals surface area contributed by atoms with Gasteiger partial charge < -0.3 is 10.1 Å². The van der Waals surface area contributed by atoms with Crippen LogP contribution < -0.4 is 10.1 Å². The molecule has 0 unspecified atom stereocenters. The highest BCUT2D eigenvalue weighted by Crippen LogP contribution is 2.27. The molecule has 0 aliphatic heterocycles. The SMILES string of the molecule is COc1ccc(CCNc2ncnc3c(F)cc(F)c(F)c23)cc1C. The highest BCUT2D eigenvalue weighted by Gasteiger charge is 2.17. The zero-order chi connectivity index (χ0) is 18.0. The third kappa shape index (κ3) is 3.35. The molecular formula is C18H16F3N3O. The van der Waals surface area contributed by atoms with E-state index < -0.39 is 17.5 Å². The second-order valence-corrected chi connectivity index (χ2v) is 5.58. The summed E-state index contributed by atoms with van der Waals surface area (Å²) in [6.07, 6.45) is 1.73. The van der Waals surface area contributed by atoms with Crippen LogP contribution in [0.2, 0.25) is 0 Å². The van der Waals surface area contributed by atoms with Crippen LogP contribution in [0.15, 0.2) is 30.6 Å². The molecule has 0 aliphatic carbocycles. The first-order valence-electron chi connectivity index (χ1n) is 7.67. The summed E-state index contributed by atoms with van der Waals surface area (Å²) >= 11 is 0. The number of nitrogens with one attached hydrogen (secondary N) is 1. The average molecular weight is 347 g/mol. The number of halogens is 3. The number of benzene rings is 2. The van der Waals surface area contributed by atoms with E-state index in [0.29, 0.717) is 19.0 Å². The molecule has 0 spiro atoms. The van der Waals surface area contributed by atoms with Crippen LogP contribution in [0.1, 0.15) is 11.1 Å². The van der Waals surface area contributed by atoms with E-state index in [1.54, 1.807) is 7.11 Å². The van der Waals surface area contributed by atoms with E-state index in [1.165, 1.54) is 0 Å². The van der Waals surface area contributed by atoms with E-state index >= 15 is 0 Å². The van der Waals surface area contributed by atoms with E-state index in [2.05, 4.69) is 15.3 Å². The van der Waals surface area contributed by atoms with Crippen molar-refractivity contribution < 1.29 is 17.9 Å². The summed E-state index contributed by atoms with van der Waals surface area (Å²) in [6.45, 7) is 2.35. The molecule has 7 heteroatoms. The molecule has 0 radical (unpaired) electrons. The quantitative estimate of drug-likeness (QED) is 0.708. The smallest absolute Gasteiger partial charge is 0.172 e. The second-order valence-electron chi connectivity index (χ2n) is 5.58. The molecule has 0 aliphatic rings. The molecule has 0 amide bonds. The van der Waals surface area contributed by atoms with Gasteiger partial charge in [0.05, 0.1) is 12.5 Å². The second kappa shape index (κ2) is 6.96. The normalized spacial score (nSPS) is 10.9. The minimum atomic E-state index is -1.27. The van der Waals surface area contributed by atoms with E-state index in [0.717, 1.165) is 23.2 Å². The highest BCUT2D eigenvalue weighted by molar-refractivity contribution is 5.89. The maximum atomic E-state index is 14.0. The number of aromatic nitrogens is 2. The van der Waals surface area contributed by atoms with Crippen LogP contribution in [0.4, 0.5) is 19.0 Å². The number of methoxy groups -OCH3 is 1. The summed E-state index contributed by atoms with van der Waals surface area (Å²) in [4.78, 5) is 7.60. The first-order valence-corrected chi connectivity index (χ1v) is 7.67. The Kier molecular flexibility index (Phi) is 4.74. The third-order valence-electron chi connectivity index (χ3n) is 3.92. The van der Waals surface area contributed by atoms with Gasteiger partial charge in [-0.3, -0.25) is 0 Å². The van der Waals surface area contributed by atoms with E-state index in [1.807, 2.05) is 25.1 Å². The largest absolute Gasteiger partial charge is 0.496 e. The van der Waals surface area contributed by atoms with Crippen molar-refractivity contribution in [1.29, 1.82) is 0 Å². The van der Waals surface area contributed by atoms with Crippen LogP contribution in [-0.4, -0.2) is 23.6 Å². The summed E-state index contributed by atoms with van der Waals surface area (Å²) in [7, 11) is 1.61. The molecule has 130 valence electrons. The number of hydrogen-bond donors (Lipinski definition) is 1. The standard InChI is InChI=1S/C18H16F3N3O/c1-10-7-11(3-4-14(10)25-2)5-6-22-18-15-16(21)12(19)8-13(20)17(15)23-9-24-18/h3-4,7-9H,5-6H2,1-2H3,(H,22,23,24). The van der Waals surface area contributed by atoms with Crippen LogP contribution in [0, 0.1) is 24.4 Å². The third-order valence-corrected chi connectivity index (χ3v) is 3.92. The van der Waals surface area contributed by atoms with Crippen molar-refractivity contribution >= 4 is 16.7 Å². The Bertz CT molecular complexity index is 931. The summed E-state index contributed by atoms with van der Waals surface area (Å²) in [5, 5.41) is 2.64. The molecule has 0 fully saturated rings. The summed E-state index contributed by atoms with van der Waals surface area (Å²) < 4.78 is 46.5. The van der Waals surface area contributed by atoms with Gasteiger partial charge in [0, 0.05) is 12.6 Å². The highest BCUT2D eigenvalue weighted by atomic mass is 19.2. The Morgan fingerprint density at radius 2 is 1.88 bits per heavy atom. The van der Waals surface area contributed by atoms with Gasteiger partial charge in [0.2, 0.25) is 0 Å². The Morgan fingerprint density at radius 3 is 2.60 bits per heavy atom. The molecule has 0 atom stereocenters. The Morgan fingerprint density at radius 1 is 1.08 bits per heavy atom. The molecule has 0 bridgehead atoms. The summed E-state index contributed by atoms with van der Waals surface area (Å²) in [5.41, 5.74) is 1.79. The van der Waals surface area contributed by atoms with Crippen LogP contribution in [0.25, 0.3) is 10.9 Å². The molecular weight excluding hydrogens is 331 g/mol.